The van der Waals surface area contributed by atoms with Crippen molar-refractivity contribution in [2.45, 2.75) is 53.6 Å². The Morgan fingerprint density at radius 2 is 0.714 bits per heavy atom. The summed E-state index contributed by atoms with van der Waals surface area (Å²) in [4.78, 5) is 4.73. The number of aryl methyl sites for hydroxylation is 2. The summed E-state index contributed by atoms with van der Waals surface area (Å²) in [7, 11) is 0. The van der Waals surface area contributed by atoms with Gasteiger partial charge in [-0.2, -0.15) is 0 Å². The number of unbranched alkanes of at least 4 members (excludes halogenated alkanes) is 1. The van der Waals surface area contributed by atoms with Gasteiger partial charge in [-0.05, 0) is 74.2 Å². The summed E-state index contributed by atoms with van der Waals surface area (Å²) >= 11 is 0. The average molecular weight is 561 g/mol. The molecule has 4 heteroatoms. The molecule has 0 saturated heterocycles. The molecule has 0 aliphatic rings. The number of pyridine rings is 2. The van der Waals surface area contributed by atoms with Crippen LogP contribution in [-0.4, -0.2) is 26.2 Å². The van der Waals surface area contributed by atoms with E-state index in [1.807, 2.05) is 0 Å². The van der Waals surface area contributed by atoms with Gasteiger partial charge in [0.15, 0.2) is 24.8 Å². The molecule has 0 aliphatic heterocycles. The van der Waals surface area contributed by atoms with Crippen LogP contribution in [-0.2, 0) is 13.1 Å². The van der Waals surface area contributed by atoms with Crippen LogP contribution in [0.3, 0.4) is 0 Å². The van der Waals surface area contributed by atoms with E-state index in [0.29, 0.717) is 0 Å². The van der Waals surface area contributed by atoms with Gasteiger partial charge in [0.1, 0.15) is 13.1 Å². The Morgan fingerprint density at radius 1 is 0.429 bits per heavy atom. The number of hydrogen-bond acceptors (Lipinski definition) is 2. The lowest BCUT2D eigenvalue weighted by atomic mass is 10.1. The number of hydrogen-bond donors (Lipinski definition) is 0. The summed E-state index contributed by atoms with van der Waals surface area (Å²) in [5, 5.41) is 0. The topological polar surface area (TPSA) is 14.2 Å². The highest BCUT2D eigenvalue weighted by atomic mass is 15.1. The minimum atomic E-state index is 1.03. The van der Waals surface area contributed by atoms with Crippen molar-refractivity contribution in [3.8, 4) is 0 Å². The smallest absolute Gasteiger partial charge is 0.169 e. The van der Waals surface area contributed by atoms with Gasteiger partial charge in [-0.15, -0.1) is 0 Å². The zero-order chi connectivity index (χ0) is 29.6. The van der Waals surface area contributed by atoms with Crippen molar-refractivity contribution in [3.63, 3.8) is 0 Å². The monoisotopic (exact) mass is 560 g/mol. The van der Waals surface area contributed by atoms with Gasteiger partial charge >= 0.3 is 0 Å². The van der Waals surface area contributed by atoms with Gasteiger partial charge in [-0.1, -0.05) is 48.6 Å². The first-order chi connectivity index (χ1) is 20.6. The fourth-order valence-corrected chi connectivity index (χ4v) is 5.20. The molecule has 42 heavy (non-hydrogen) atoms. The van der Waals surface area contributed by atoms with E-state index in [4.69, 9.17) is 0 Å². The molecule has 4 nitrogen and oxygen atoms in total. The molecule has 2 aromatic heterocycles. The molecule has 4 aromatic rings. The lowest BCUT2D eigenvalue weighted by Gasteiger charge is -2.20. The molecule has 2 aromatic carbocycles. The maximum atomic E-state index is 2.37. The van der Waals surface area contributed by atoms with Crippen LogP contribution >= 0.6 is 0 Å². The Hall–Kier alpha value is -4.18. The van der Waals surface area contributed by atoms with E-state index in [1.165, 1.54) is 33.6 Å². The molecule has 4 rings (SSSR count). The lowest BCUT2D eigenvalue weighted by molar-refractivity contribution is -0.708. The zero-order valence-electron chi connectivity index (χ0n) is 26.0. The third kappa shape index (κ3) is 9.17. The third-order valence-electron chi connectivity index (χ3n) is 7.90. The molecular weight excluding hydrogens is 512 g/mol. The molecule has 0 aliphatic carbocycles. The number of anilines is 2. The Labute approximate surface area is 253 Å². The molecule has 0 spiro atoms. The number of rotatable bonds is 15. The fourth-order valence-electron chi connectivity index (χ4n) is 5.20. The molecule has 0 saturated carbocycles. The van der Waals surface area contributed by atoms with E-state index in [0.717, 1.165) is 52.1 Å². The maximum absolute atomic E-state index is 2.37. The second-order valence-electron chi connectivity index (χ2n) is 10.6. The molecule has 0 fully saturated rings. The van der Waals surface area contributed by atoms with Gasteiger partial charge in [0.2, 0.25) is 0 Å². The van der Waals surface area contributed by atoms with Gasteiger partial charge in [0, 0.05) is 74.7 Å². The van der Waals surface area contributed by atoms with Crippen molar-refractivity contribution in [1.82, 2.24) is 0 Å². The van der Waals surface area contributed by atoms with E-state index in [-0.39, 0.29) is 0 Å². The average Bonchev–Trinajstić information content (AvgIpc) is 3.04. The van der Waals surface area contributed by atoms with Crippen LogP contribution < -0.4 is 18.9 Å². The second-order valence-corrected chi connectivity index (χ2v) is 10.6. The summed E-state index contributed by atoms with van der Waals surface area (Å²) in [5.41, 5.74) is 7.47. The Bertz CT molecular complexity index is 1270. The van der Waals surface area contributed by atoms with Gasteiger partial charge in [-0.25, -0.2) is 9.13 Å². The first kappa shape index (κ1) is 30.8. The van der Waals surface area contributed by atoms with Crippen molar-refractivity contribution in [2.24, 2.45) is 0 Å². The van der Waals surface area contributed by atoms with Crippen LogP contribution in [0.5, 0.6) is 0 Å². The van der Waals surface area contributed by atoms with Crippen LogP contribution in [0.2, 0.25) is 0 Å². The SMILES string of the molecule is CCN(CC)c1ccc(C=Cc2cc[n+](CCCC[n+]3ccc(C=Cc4ccc(N(CC)CC)cc4)cc3)cc2)cc1. The molecule has 0 bridgehead atoms. The minimum absolute atomic E-state index is 1.03. The zero-order valence-corrected chi connectivity index (χ0v) is 26.0. The van der Waals surface area contributed by atoms with Crippen LogP contribution in [0, 0.1) is 0 Å². The molecule has 2 heterocycles. The minimum Gasteiger partial charge on any atom is -0.372 e. The highest BCUT2D eigenvalue weighted by Crippen LogP contribution is 2.17. The largest absolute Gasteiger partial charge is 0.372 e. The lowest BCUT2D eigenvalue weighted by Crippen LogP contribution is -2.35. The number of nitrogens with zero attached hydrogens (tertiary/aromatic N) is 4. The van der Waals surface area contributed by atoms with Crippen molar-refractivity contribution in [1.29, 1.82) is 0 Å². The molecular formula is C38H48N4+2. The van der Waals surface area contributed by atoms with Gasteiger partial charge in [0.25, 0.3) is 0 Å². The predicted molar refractivity (Wildman–Crippen MR) is 180 cm³/mol. The van der Waals surface area contributed by atoms with Crippen LogP contribution in [0.15, 0.2) is 97.6 Å². The highest BCUT2D eigenvalue weighted by molar-refractivity contribution is 5.71. The molecule has 218 valence electrons. The number of benzene rings is 2. The van der Waals surface area contributed by atoms with E-state index in [1.54, 1.807) is 0 Å². The first-order valence-corrected chi connectivity index (χ1v) is 15.7. The normalized spacial score (nSPS) is 11.4. The van der Waals surface area contributed by atoms with Crippen molar-refractivity contribution in [2.75, 3.05) is 36.0 Å². The van der Waals surface area contributed by atoms with Crippen molar-refractivity contribution in [3.05, 3.63) is 120 Å². The summed E-state index contributed by atoms with van der Waals surface area (Å²) in [6, 6.07) is 26.4. The summed E-state index contributed by atoms with van der Waals surface area (Å²) in [6.07, 6.45) is 19.8. The molecule has 0 amide bonds. The Balaban J connectivity index is 1.18. The van der Waals surface area contributed by atoms with E-state index in [2.05, 4.69) is 169 Å². The van der Waals surface area contributed by atoms with Crippen LogP contribution in [0.1, 0.15) is 62.8 Å². The number of aromatic nitrogens is 2. The molecule has 0 radical (unpaired) electrons. The Morgan fingerprint density at radius 3 is 1.00 bits per heavy atom. The summed E-state index contributed by atoms with van der Waals surface area (Å²) < 4.78 is 4.56. The van der Waals surface area contributed by atoms with Gasteiger partial charge in [0.05, 0.1) is 0 Å². The van der Waals surface area contributed by atoms with E-state index >= 15 is 0 Å². The highest BCUT2D eigenvalue weighted by Gasteiger charge is 2.05. The summed E-state index contributed by atoms with van der Waals surface area (Å²) in [5.74, 6) is 0. The Kier molecular flexibility index (Phi) is 11.9. The molecule has 0 unspecified atom stereocenters. The third-order valence-corrected chi connectivity index (χ3v) is 7.90. The van der Waals surface area contributed by atoms with Crippen molar-refractivity contribution >= 4 is 35.7 Å². The molecule has 0 atom stereocenters. The van der Waals surface area contributed by atoms with Crippen LogP contribution in [0.4, 0.5) is 11.4 Å². The predicted octanol–water partition coefficient (Wildman–Crippen LogP) is 7.78. The quantitative estimate of drug-likeness (QED) is 0.109. The first-order valence-electron chi connectivity index (χ1n) is 15.7. The summed E-state index contributed by atoms with van der Waals surface area (Å²) in [6.45, 7) is 15.0. The molecule has 0 N–H and O–H groups in total. The van der Waals surface area contributed by atoms with E-state index in [9.17, 15) is 0 Å². The van der Waals surface area contributed by atoms with Crippen molar-refractivity contribution < 1.29 is 9.13 Å². The van der Waals surface area contributed by atoms with Gasteiger partial charge in [-0.3, -0.25) is 0 Å². The second kappa shape index (κ2) is 16.3. The maximum Gasteiger partial charge on any atom is 0.169 e. The van der Waals surface area contributed by atoms with Gasteiger partial charge < -0.3 is 9.80 Å². The fraction of sp³-hybridized carbons (Fsp3) is 0.316. The standard InChI is InChI=1S/C38H48N4/c1-5-41(6-2)37-19-15-33(16-20-37)11-13-35-23-29-39(30-24-35)27-9-10-28-40-31-25-36(26-32-40)14-12-34-17-21-38(22-18-34)42(7-3)8-4/h11-26,29-32H,5-10,27-28H2,1-4H3/q+2. The van der Waals surface area contributed by atoms with Crippen LogP contribution in [0.25, 0.3) is 24.3 Å². The van der Waals surface area contributed by atoms with E-state index < -0.39 is 0 Å².